The Kier molecular flexibility index (Phi) is 4.93. The summed E-state index contributed by atoms with van der Waals surface area (Å²) in [7, 11) is 1.58. The molecule has 1 aromatic heterocycles. The molecule has 0 aliphatic carbocycles. The fourth-order valence-electron chi connectivity index (χ4n) is 2.55. The van der Waals surface area contributed by atoms with Crippen LogP contribution in [0.5, 0.6) is 11.5 Å². The summed E-state index contributed by atoms with van der Waals surface area (Å²) in [6.07, 6.45) is -0.703. The van der Waals surface area contributed by atoms with Crippen molar-refractivity contribution in [3.05, 3.63) is 64.5 Å². The lowest BCUT2D eigenvalue weighted by molar-refractivity contribution is -0.122. The maximum absolute atomic E-state index is 12.3. The van der Waals surface area contributed by atoms with Gasteiger partial charge in [-0.25, -0.2) is 4.79 Å². The summed E-state index contributed by atoms with van der Waals surface area (Å²) in [5.74, 6) is 0.962. The van der Waals surface area contributed by atoms with Crippen LogP contribution >= 0.6 is 0 Å². The first-order valence-corrected chi connectivity index (χ1v) is 8.12. The van der Waals surface area contributed by atoms with Gasteiger partial charge in [0.1, 0.15) is 17.1 Å². The molecule has 1 N–H and O–H groups in total. The Hall–Kier alpha value is -3.28. The number of hydrogen-bond donors (Lipinski definition) is 1. The molecule has 1 amide bonds. The van der Waals surface area contributed by atoms with E-state index in [4.69, 9.17) is 13.9 Å². The molecule has 2 aromatic carbocycles. The number of carbonyl (C=O) groups is 1. The normalized spacial score (nSPS) is 11.8. The third kappa shape index (κ3) is 3.85. The van der Waals surface area contributed by atoms with E-state index in [0.29, 0.717) is 22.8 Å². The van der Waals surface area contributed by atoms with Crippen molar-refractivity contribution in [2.24, 2.45) is 0 Å². The smallest absolute Gasteiger partial charge is 0.336 e. The lowest BCUT2D eigenvalue weighted by Crippen LogP contribution is -2.30. The Morgan fingerprint density at radius 3 is 2.46 bits per heavy atom. The van der Waals surface area contributed by atoms with Crippen molar-refractivity contribution >= 4 is 22.6 Å². The third-order valence-electron chi connectivity index (χ3n) is 3.96. The van der Waals surface area contributed by atoms with Crippen molar-refractivity contribution in [1.29, 1.82) is 0 Å². The largest absolute Gasteiger partial charge is 0.497 e. The van der Waals surface area contributed by atoms with Crippen LogP contribution in [0.4, 0.5) is 5.69 Å². The molecule has 0 aliphatic heterocycles. The average Bonchev–Trinajstić information content (AvgIpc) is 2.62. The summed E-state index contributed by atoms with van der Waals surface area (Å²) < 4.78 is 16.0. The minimum atomic E-state index is -0.703. The third-order valence-corrected chi connectivity index (χ3v) is 3.96. The molecule has 0 fully saturated rings. The quantitative estimate of drug-likeness (QED) is 0.710. The Labute approximate surface area is 150 Å². The number of anilines is 1. The van der Waals surface area contributed by atoms with Gasteiger partial charge in [-0.3, -0.25) is 4.79 Å². The lowest BCUT2D eigenvalue weighted by Gasteiger charge is -2.15. The molecule has 134 valence electrons. The fraction of sp³-hybridized carbons (Fsp3) is 0.200. The summed E-state index contributed by atoms with van der Waals surface area (Å²) in [4.78, 5) is 23.7. The topological polar surface area (TPSA) is 77.8 Å². The van der Waals surface area contributed by atoms with Crippen LogP contribution in [0.15, 0.2) is 57.7 Å². The summed E-state index contributed by atoms with van der Waals surface area (Å²) >= 11 is 0. The molecule has 26 heavy (non-hydrogen) atoms. The highest BCUT2D eigenvalue weighted by molar-refractivity contribution is 5.94. The molecule has 6 nitrogen and oxygen atoms in total. The maximum Gasteiger partial charge on any atom is 0.336 e. The number of ether oxygens (including phenoxy) is 2. The summed E-state index contributed by atoms with van der Waals surface area (Å²) in [6, 6.07) is 13.5. The van der Waals surface area contributed by atoms with Gasteiger partial charge in [0.15, 0.2) is 6.10 Å². The van der Waals surface area contributed by atoms with Crippen LogP contribution in [-0.2, 0) is 4.79 Å². The second-order valence-corrected chi connectivity index (χ2v) is 5.88. The van der Waals surface area contributed by atoms with E-state index in [-0.39, 0.29) is 5.91 Å². The monoisotopic (exact) mass is 353 g/mol. The van der Waals surface area contributed by atoms with Gasteiger partial charge in [0.05, 0.1) is 7.11 Å². The second-order valence-electron chi connectivity index (χ2n) is 5.88. The molecule has 3 aromatic rings. The molecule has 6 heteroatoms. The van der Waals surface area contributed by atoms with Crippen LogP contribution in [0.25, 0.3) is 11.0 Å². The van der Waals surface area contributed by atoms with Crippen molar-refractivity contribution < 1.29 is 18.7 Å². The van der Waals surface area contributed by atoms with E-state index in [9.17, 15) is 9.59 Å². The summed E-state index contributed by atoms with van der Waals surface area (Å²) in [5.41, 5.74) is 1.54. The molecule has 1 atom stereocenters. The molecule has 0 radical (unpaired) electrons. The zero-order valence-electron chi connectivity index (χ0n) is 14.7. The van der Waals surface area contributed by atoms with Crippen LogP contribution in [0, 0.1) is 6.92 Å². The highest BCUT2D eigenvalue weighted by Gasteiger charge is 2.15. The zero-order valence-corrected chi connectivity index (χ0v) is 14.7. The van der Waals surface area contributed by atoms with Gasteiger partial charge in [-0.15, -0.1) is 0 Å². The van der Waals surface area contributed by atoms with Crippen molar-refractivity contribution in [2.45, 2.75) is 20.0 Å². The van der Waals surface area contributed by atoms with Gasteiger partial charge in [-0.1, -0.05) is 0 Å². The van der Waals surface area contributed by atoms with Gasteiger partial charge in [-0.05, 0) is 61.9 Å². The number of fused-ring (bicyclic) bond motifs is 1. The molecule has 1 heterocycles. The number of benzene rings is 2. The lowest BCUT2D eigenvalue weighted by atomic mass is 10.1. The molecule has 0 bridgehead atoms. The van der Waals surface area contributed by atoms with E-state index >= 15 is 0 Å². The van der Waals surface area contributed by atoms with E-state index in [2.05, 4.69) is 5.32 Å². The highest BCUT2D eigenvalue weighted by atomic mass is 16.5. The molecular weight excluding hydrogens is 334 g/mol. The van der Waals surface area contributed by atoms with Gasteiger partial charge < -0.3 is 19.2 Å². The second kappa shape index (κ2) is 7.31. The minimum Gasteiger partial charge on any atom is -0.497 e. The van der Waals surface area contributed by atoms with Crippen molar-refractivity contribution in [2.75, 3.05) is 12.4 Å². The first-order valence-electron chi connectivity index (χ1n) is 8.12. The standard InChI is InChI=1S/C20H19NO5/c1-12-10-19(22)26-18-9-8-16(11-17(12)18)25-13(2)20(23)21-14-4-6-15(24-3)7-5-14/h4-11,13H,1-3H3,(H,21,23)/t13-/m0/s1. The number of aryl methyl sites for hydroxylation is 1. The molecule has 0 saturated heterocycles. The number of hydrogen-bond acceptors (Lipinski definition) is 5. The van der Waals surface area contributed by atoms with Crippen LogP contribution < -0.4 is 20.4 Å². The summed E-state index contributed by atoms with van der Waals surface area (Å²) in [5, 5.41) is 3.56. The van der Waals surface area contributed by atoms with Crippen molar-refractivity contribution in [3.8, 4) is 11.5 Å². The first kappa shape index (κ1) is 17.5. The molecule has 0 aliphatic rings. The van der Waals surface area contributed by atoms with Gasteiger partial charge >= 0.3 is 5.63 Å². The minimum absolute atomic E-state index is 0.272. The molecular formula is C20H19NO5. The van der Waals surface area contributed by atoms with Crippen molar-refractivity contribution in [3.63, 3.8) is 0 Å². The van der Waals surface area contributed by atoms with Crippen LogP contribution in [0.3, 0.4) is 0 Å². The Morgan fingerprint density at radius 2 is 1.77 bits per heavy atom. The number of amides is 1. The van der Waals surface area contributed by atoms with Crippen LogP contribution in [0.2, 0.25) is 0 Å². The Morgan fingerprint density at radius 1 is 1.08 bits per heavy atom. The van der Waals surface area contributed by atoms with Crippen LogP contribution in [-0.4, -0.2) is 19.1 Å². The number of nitrogens with one attached hydrogen (secondary N) is 1. The fourth-order valence-corrected chi connectivity index (χ4v) is 2.55. The zero-order chi connectivity index (χ0) is 18.7. The van der Waals surface area contributed by atoms with E-state index in [1.54, 1.807) is 56.5 Å². The molecule has 0 spiro atoms. The predicted molar refractivity (Wildman–Crippen MR) is 98.9 cm³/mol. The van der Waals surface area contributed by atoms with Gasteiger partial charge in [0.25, 0.3) is 5.91 Å². The molecule has 0 unspecified atom stereocenters. The van der Waals surface area contributed by atoms with Gasteiger partial charge in [0, 0.05) is 17.1 Å². The highest BCUT2D eigenvalue weighted by Crippen LogP contribution is 2.23. The van der Waals surface area contributed by atoms with Gasteiger partial charge in [-0.2, -0.15) is 0 Å². The average molecular weight is 353 g/mol. The molecule has 3 rings (SSSR count). The predicted octanol–water partition coefficient (Wildman–Crippen LogP) is 3.52. The first-order chi connectivity index (χ1) is 12.5. The maximum atomic E-state index is 12.3. The Bertz CT molecular complexity index is 991. The van der Waals surface area contributed by atoms with E-state index < -0.39 is 11.7 Å². The van der Waals surface area contributed by atoms with Crippen LogP contribution in [0.1, 0.15) is 12.5 Å². The Balaban J connectivity index is 1.72. The van der Waals surface area contributed by atoms with Gasteiger partial charge in [0.2, 0.25) is 0 Å². The number of carbonyl (C=O) groups excluding carboxylic acids is 1. The van der Waals surface area contributed by atoms with E-state index in [0.717, 1.165) is 10.9 Å². The summed E-state index contributed by atoms with van der Waals surface area (Å²) in [6.45, 7) is 3.49. The number of methoxy groups -OCH3 is 1. The SMILES string of the molecule is COc1ccc(NC(=O)[C@H](C)Oc2ccc3oc(=O)cc(C)c3c2)cc1. The molecule has 0 saturated carbocycles. The number of rotatable bonds is 5. The van der Waals surface area contributed by atoms with Crippen molar-refractivity contribution in [1.82, 2.24) is 0 Å². The van der Waals surface area contributed by atoms with E-state index in [1.165, 1.54) is 6.07 Å². The van der Waals surface area contributed by atoms with E-state index in [1.807, 2.05) is 6.92 Å².